The van der Waals surface area contributed by atoms with Crippen molar-refractivity contribution in [2.45, 2.75) is 56.2 Å². The molecule has 142 valence electrons. The molecule has 0 saturated heterocycles. The van der Waals surface area contributed by atoms with Gasteiger partial charge >= 0.3 is 0 Å². The molecule has 6 nitrogen and oxygen atoms in total. The summed E-state index contributed by atoms with van der Waals surface area (Å²) in [4.78, 5) is 9.66. The largest absolute Gasteiger partial charge is 0.394 e. The van der Waals surface area contributed by atoms with E-state index in [0.29, 0.717) is 0 Å². The summed E-state index contributed by atoms with van der Waals surface area (Å²) < 4.78 is 0.0550. The minimum atomic E-state index is -0.0650. The second kappa shape index (κ2) is 8.41. The van der Waals surface area contributed by atoms with Crippen molar-refractivity contribution in [3.8, 4) is 0 Å². The molecule has 0 spiro atoms. The molecule has 26 heavy (non-hydrogen) atoms. The van der Waals surface area contributed by atoms with E-state index in [2.05, 4.69) is 23.1 Å². The SMILES string of the molecule is CSC1(c2cc(N[C@@H](C)CO)nc(C3=CC=C(NO)CC3)n2)CCCC1. The minimum Gasteiger partial charge on any atom is -0.394 e. The van der Waals surface area contributed by atoms with Gasteiger partial charge in [-0.1, -0.05) is 18.9 Å². The molecule has 0 radical (unpaired) electrons. The predicted molar refractivity (Wildman–Crippen MR) is 106 cm³/mol. The molecule has 0 bridgehead atoms. The van der Waals surface area contributed by atoms with Gasteiger partial charge in [-0.15, -0.1) is 0 Å². The number of nitrogens with one attached hydrogen (secondary N) is 2. The molecular weight excluding hydrogens is 348 g/mol. The Bertz CT molecular complexity index is 699. The summed E-state index contributed by atoms with van der Waals surface area (Å²) in [5.41, 5.74) is 5.17. The standard InChI is InChI=1S/C19H28N4O2S/c1-13(12-24)20-17-11-16(19(26-2)9-3-4-10-19)21-18(22-17)14-5-7-15(23-25)8-6-14/h5,7,11,13,23-25H,3-4,6,8-10,12H2,1-2H3,(H,20,21,22)/t13-/m0/s1. The molecule has 1 aromatic rings. The molecule has 1 atom stereocenters. The molecule has 0 amide bonds. The Labute approximate surface area is 159 Å². The van der Waals surface area contributed by atoms with Crippen LogP contribution in [0, 0.1) is 0 Å². The number of thioether (sulfide) groups is 1. The van der Waals surface area contributed by atoms with Crippen LogP contribution in [0.1, 0.15) is 57.0 Å². The molecule has 0 unspecified atom stereocenters. The second-order valence-corrected chi connectivity index (χ2v) is 8.28. The van der Waals surface area contributed by atoms with Crippen molar-refractivity contribution in [1.29, 1.82) is 0 Å². The molecule has 7 heteroatoms. The minimum absolute atomic E-state index is 0.0549. The van der Waals surface area contributed by atoms with Gasteiger partial charge < -0.3 is 10.4 Å². The number of hydroxylamine groups is 1. The van der Waals surface area contributed by atoms with E-state index in [4.69, 9.17) is 15.2 Å². The Morgan fingerprint density at radius 3 is 2.58 bits per heavy atom. The first kappa shape index (κ1) is 19.2. The van der Waals surface area contributed by atoms with Gasteiger partial charge in [0.05, 0.1) is 17.0 Å². The molecule has 1 heterocycles. The quantitative estimate of drug-likeness (QED) is 0.542. The van der Waals surface area contributed by atoms with Crippen LogP contribution in [-0.2, 0) is 4.75 Å². The van der Waals surface area contributed by atoms with Crippen LogP contribution >= 0.6 is 11.8 Å². The van der Waals surface area contributed by atoms with Gasteiger partial charge in [-0.2, -0.15) is 11.8 Å². The highest BCUT2D eigenvalue weighted by Crippen LogP contribution is 2.48. The number of hydrogen-bond acceptors (Lipinski definition) is 7. The van der Waals surface area contributed by atoms with Gasteiger partial charge in [0.15, 0.2) is 5.82 Å². The fourth-order valence-corrected chi connectivity index (χ4v) is 4.63. The first-order chi connectivity index (χ1) is 12.6. The number of hydrogen-bond donors (Lipinski definition) is 4. The second-order valence-electron chi connectivity index (χ2n) is 7.09. The summed E-state index contributed by atoms with van der Waals surface area (Å²) in [5.74, 6) is 1.51. The molecule has 1 saturated carbocycles. The molecule has 2 aliphatic rings. The van der Waals surface area contributed by atoms with E-state index in [1.165, 1.54) is 12.8 Å². The van der Waals surface area contributed by atoms with Gasteiger partial charge in [0.2, 0.25) is 0 Å². The molecular formula is C19H28N4O2S. The van der Waals surface area contributed by atoms with E-state index >= 15 is 0 Å². The Kier molecular flexibility index (Phi) is 6.21. The third kappa shape index (κ3) is 4.05. The van der Waals surface area contributed by atoms with Crippen molar-refractivity contribution in [2.75, 3.05) is 18.2 Å². The number of anilines is 1. The van der Waals surface area contributed by atoms with Gasteiger partial charge in [-0.05, 0) is 50.5 Å². The molecule has 1 aromatic heterocycles. The van der Waals surface area contributed by atoms with Crippen molar-refractivity contribution in [1.82, 2.24) is 15.4 Å². The van der Waals surface area contributed by atoms with Crippen molar-refractivity contribution in [3.63, 3.8) is 0 Å². The Morgan fingerprint density at radius 1 is 1.23 bits per heavy atom. The van der Waals surface area contributed by atoms with Gasteiger partial charge in [0, 0.05) is 17.8 Å². The average Bonchev–Trinajstić information content (AvgIpc) is 3.18. The normalized spacial score (nSPS) is 20.3. The van der Waals surface area contributed by atoms with Crippen LogP contribution in [0.2, 0.25) is 0 Å². The van der Waals surface area contributed by atoms with Gasteiger partial charge in [0.1, 0.15) is 5.82 Å². The van der Waals surface area contributed by atoms with Gasteiger partial charge in [-0.3, -0.25) is 10.7 Å². The van der Waals surface area contributed by atoms with E-state index in [-0.39, 0.29) is 17.4 Å². The molecule has 1 fully saturated rings. The summed E-state index contributed by atoms with van der Waals surface area (Å²) in [6.45, 7) is 1.99. The first-order valence-electron chi connectivity index (χ1n) is 9.22. The lowest BCUT2D eigenvalue weighted by atomic mass is 9.99. The van der Waals surface area contributed by atoms with Crippen LogP contribution in [0.4, 0.5) is 5.82 Å². The molecule has 0 aromatic carbocycles. The lowest BCUT2D eigenvalue weighted by Gasteiger charge is -2.27. The number of rotatable bonds is 7. The zero-order valence-corrected chi connectivity index (χ0v) is 16.3. The van der Waals surface area contributed by atoms with E-state index < -0.39 is 0 Å². The fourth-order valence-electron chi connectivity index (χ4n) is 3.62. The number of aliphatic hydroxyl groups is 1. The van der Waals surface area contributed by atoms with Crippen LogP contribution in [0.15, 0.2) is 23.9 Å². The molecule has 0 aliphatic heterocycles. The summed E-state index contributed by atoms with van der Waals surface area (Å²) >= 11 is 1.88. The van der Waals surface area contributed by atoms with Crippen LogP contribution in [0.5, 0.6) is 0 Å². The molecule has 3 rings (SSSR count). The van der Waals surface area contributed by atoms with Crippen LogP contribution in [0.25, 0.3) is 5.57 Å². The first-order valence-corrected chi connectivity index (χ1v) is 10.4. The summed E-state index contributed by atoms with van der Waals surface area (Å²) in [6.07, 6.45) is 12.3. The van der Waals surface area contributed by atoms with E-state index in [1.807, 2.05) is 30.8 Å². The third-order valence-corrected chi connectivity index (χ3v) is 6.64. The predicted octanol–water partition coefficient (Wildman–Crippen LogP) is 3.44. The van der Waals surface area contributed by atoms with Crippen molar-refractivity contribution in [3.05, 3.63) is 35.4 Å². The number of aliphatic hydroxyl groups excluding tert-OH is 1. The molecule has 2 aliphatic carbocycles. The lowest BCUT2D eigenvalue weighted by molar-refractivity contribution is 0.196. The lowest BCUT2D eigenvalue weighted by Crippen LogP contribution is -2.24. The highest BCUT2D eigenvalue weighted by Gasteiger charge is 2.37. The maximum Gasteiger partial charge on any atom is 0.157 e. The highest BCUT2D eigenvalue weighted by atomic mass is 32.2. The number of nitrogens with zero attached hydrogens (tertiary/aromatic N) is 2. The van der Waals surface area contributed by atoms with Crippen molar-refractivity contribution in [2.24, 2.45) is 0 Å². The van der Waals surface area contributed by atoms with Crippen molar-refractivity contribution < 1.29 is 10.3 Å². The van der Waals surface area contributed by atoms with Crippen LogP contribution < -0.4 is 10.8 Å². The van der Waals surface area contributed by atoms with E-state index in [0.717, 1.165) is 54.3 Å². The van der Waals surface area contributed by atoms with Gasteiger partial charge in [0.25, 0.3) is 0 Å². The maximum absolute atomic E-state index is 9.39. The summed E-state index contributed by atoms with van der Waals surface area (Å²) in [7, 11) is 0. The zero-order valence-electron chi connectivity index (χ0n) is 15.5. The zero-order chi connectivity index (χ0) is 18.6. The van der Waals surface area contributed by atoms with Crippen LogP contribution in [0.3, 0.4) is 0 Å². The number of aromatic nitrogens is 2. The maximum atomic E-state index is 9.39. The topological polar surface area (TPSA) is 90.3 Å². The highest BCUT2D eigenvalue weighted by molar-refractivity contribution is 7.99. The van der Waals surface area contributed by atoms with E-state index in [1.54, 1.807) is 0 Å². The smallest absolute Gasteiger partial charge is 0.157 e. The van der Waals surface area contributed by atoms with Crippen molar-refractivity contribution >= 4 is 23.2 Å². The van der Waals surface area contributed by atoms with E-state index in [9.17, 15) is 5.11 Å². The summed E-state index contributed by atoms with van der Waals surface area (Å²) in [5, 5.41) is 21.7. The number of allylic oxidation sites excluding steroid dienone is 4. The molecule has 4 N–H and O–H groups in total. The Balaban J connectivity index is 2.01. The average molecular weight is 377 g/mol. The Hall–Kier alpha value is -1.57. The Morgan fingerprint density at radius 2 is 2.00 bits per heavy atom. The van der Waals surface area contributed by atoms with Crippen LogP contribution in [-0.4, -0.2) is 39.2 Å². The third-order valence-electron chi connectivity index (χ3n) is 5.24. The fraction of sp³-hybridized carbons (Fsp3) is 0.579. The summed E-state index contributed by atoms with van der Waals surface area (Å²) in [6, 6.07) is 1.99. The monoisotopic (exact) mass is 376 g/mol. The van der Waals surface area contributed by atoms with Gasteiger partial charge in [-0.25, -0.2) is 9.97 Å².